The number of carboxylic acid groups (broad SMARTS) is 1. The van der Waals surface area contributed by atoms with Gasteiger partial charge in [-0.15, -0.1) is 0 Å². The van der Waals surface area contributed by atoms with E-state index in [9.17, 15) is 9.59 Å². The van der Waals surface area contributed by atoms with Crippen LogP contribution in [0, 0.1) is 5.92 Å². The van der Waals surface area contributed by atoms with Gasteiger partial charge in [0.2, 0.25) is 0 Å². The molecule has 0 aromatic heterocycles. The molecule has 2 aliphatic rings. The first-order valence-electron chi connectivity index (χ1n) is 10.3. The van der Waals surface area contributed by atoms with Gasteiger partial charge in [0.1, 0.15) is 0 Å². The Morgan fingerprint density at radius 3 is 2.24 bits per heavy atom. The van der Waals surface area contributed by atoms with Crippen molar-refractivity contribution in [1.29, 1.82) is 0 Å². The van der Waals surface area contributed by atoms with Gasteiger partial charge in [-0.05, 0) is 54.9 Å². The van der Waals surface area contributed by atoms with Crippen LogP contribution in [-0.4, -0.2) is 47.2 Å². The van der Waals surface area contributed by atoms with Crippen molar-refractivity contribution in [2.24, 2.45) is 5.92 Å². The van der Waals surface area contributed by atoms with Crippen LogP contribution in [0.25, 0.3) is 11.1 Å². The lowest BCUT2D eigenvalue weighted by Gasteiger charge is -2.42. The predicted octanol–water partition coefficient (Wildman–Crippen LogP) is 3.80. The summed E-state index contributed by atoms with van der Waals surface area (Å²) in [5.74, 6) is -0.123. The second-order valence-corrected chi connectivity index (χ2v) is 8.13. The molecule has 0 bridgehead atoms. The van der Waals surface area contributed by atoms with Gasteiger partial charge < -0.3 is 15.7 Å². The minimum Gasteiger partial charge on any atom is -0.480 e. The van der Waals surface area contributed by atoms with E-state index in [1.807, 2.05) is 42.5 Å². The normalized spacial score (nSPS) is 20.7. The SMILES string of the molecule is O=C(O)CN(CC1CC1)C1CC(NC(=O)Nc2ccc(-c3ccccc3)cc2)C1. The van der Waals surface area contributed by atoms with E-state index in [0.717, 1.165) is 36.2 Å². The van der Waals surface area contributed by atoms with E-state index in [1.54, 1.807) is 0 Å². The average Bonchev–Trinajstić information content (AvgIpc) is 3.49. The smallest absolute Gasteiger partial charge is 0.319 e. The number of anilines is 1. The average molecular weight is 393 g/mol. The van der Waals surface area contributed by atoms with Gasteiger partial charge in [-0.1, -0.05) is 42.5 Å². The summed E-state index contributed by atoms with van der Waals surface area (Å²) in [5.41, 5.74) is 2.99. The molecule has 0 spiro atoms. The van der Waals surface area contributed by atoms with Gasteiger partial charge in [0.25, 0.3) is 0 Å². The van der Waals surface area contributed by atoms with Crippen molar-refractivity contribution >= 4 is 17.7 Å². The highest BCUT2D eigenvalue weighted by atomic mass is 16.4. The van der Waals surface area contributed by atoms with E-state index in [0.29, 0.717) is 5.92 Å². The van der Waals surface area contributed by atoms with E-state index < -0.39 is 5.97 Å². The minimum absolute atomic E-state index is 0.0911. The Kier molecular flexibility index (Phi) is 5.81. The molecule has 2 aromatic carbocycles. The summed E-state index contributed by atoms with van der Waals surface area (Å²) in [5, 5.41) is 15.0. The van der Waals surface area contributed by atoms with Gasteiger partial charge in [0, 0.05) is 24.3 Å². The maximum atomic E-state index is 12.3. The maximum Gasteiger partial charge on any atom is 0.319 e. The number of benzene rings is 2. The lowest BCUT2D eigenvalue weighted by Crippen LogP contribution is -2.55. The number of nitrogens with zero attached hydrogens (tertiary/aromatic N) is 1. The number of rotatable bonds is 8. The zero-order valence-electron chi connectivity index (χ0n) is 16.4. The molecule has 0 saturated heterocycles. The third kappa shape index (κ3) is 5.35. The number of carbonyl (C=O) groups is 2. The van der Waals surface area contributed by atoms with Crippen LogP contribution >= 0.6 is 0 Å². The van der Waals surface area contributed by atoms with Crippen LogP contribution in [0.5, 0.6) is 0 Å². The first kappa shape index (κ1) is 19.5. The van der Waals surface area contributed by atoms with Gasteiger partial charge >= 0.3 is 12.0 Å². The Hall–Kier alpha value is -2.86. The maximum absolute atomic E-state index is 12.3. The van der Waals surface area contributed by atoms with E-state index in [-0.39, 0.29) is 24.7 Å². The summed E-state index contributed by atoms with van der Waals surface area (Å²) in [6, 6.07) is 18.0. The fourth-order valence-corrected chi connectivity index (χ4v) is 3.88. The Labute approximate surface area is 170 Å². The fourth-order valence-electron chi connectivity index (χ4n) is 3.88. The van der Waals surface area contributed by atoms with E-state index >= 15 is 0 Å². The van der Waals surface area contributed by atoms with E-state index in [4.69, 9.17) is 5.11 Å². The van der Waals surface area contributed by atoms with Crippen LogP contribution in [0.1, 0.15) is 25.7 Å². The first-order valence-corrected chi connectivity index (χ1v) is 10.3. The summed E-state index contributed by atoms with van der Waals surface area (Å²) in [4.78, 5) is 25.5. The molecule has 0 unspecified atom stereocenters. The molecule has 152 valence electrons. The predicted molar refractivity (Wildman–Crippen MR) is 113 cm³/mol. The largest absolute Gasteiger partial charge is 0.480 e. The molecule has 2 aliphatic carbocycles. The second kappa shape index (κ2) is 8.66. The third-order valence-electron chi connectivity index (χ3n) is 5.74. The van der Waals surface area contributed by atoms with Crippen molar-refractivity contribution < 1.29 is 14.7 Å². The topological polar surface area (TPSA) is 81.7 Å². The van der Waals surface area contributed by atoms with Crippen LogP contribution < -0.4 is 10.6 Å². The van der Waals surface area contributed by atoms with Crippen LogP contribution in [0.15, 0.2) is 54.6 Å². The standard InChI is InChI=1S/C23H27N3O3/c27-22(28)15-26(14-16-6-7-16)21-12-20(13-21)25-23(29)24-19-10-8-18(9-11-19)17-4-2-1-3-5-17/h1-5,8-11,16,20-21H,6-7,12-15H2,(H,27,28)(H2,24,25,29). The molecule has 6 nitrogen and oxygen atoms in total. The quantitative estimate of drug-likeness (QED) is 0.637. The van der Waals surface area contributed by atoms with Crippen LogP contribution in [0.3, 0.4) is 0 Å². The zero-order chi connectivity index (χ0) is 20.2. The van der Waals surface area contributed by atoms with Crippen molar-refractivity contribution in [3.8, 4) is 11.1 Å². The highest BCUT2D eigenvalue weighted by Crippen LogP contribution is 2.33. The van der Waals surface area contributed by atoms with Crippen molar-refractivity contribution in [2.75, 3.05) is 18.4 Å². The Morgan fingerprint density at radius 1 is 0.966 bits per heavy atom. The molecule has 0 radical (unpaired) electrons. The van der Waals surface area contributed by atoms with E-state index in [1.165, 1.54) is 12.8 Å². The number of carbonyl (C=O) groups excluding carboxylic acids is 1. The second-order valence-electron chi connectivity index (χ2n) is 8.13. The number of hydrogen-bond acceptors (Lipinski definition) is 3. The molecule has 0 heterocycles. The number of aliphatic carboxylic acids is 1. The number of nitrogens with one attached hydrogen (secondary N) is 2. The van der Waals surface area contributed by atoms with Gasteiger partial charge in [-0.25, -0.2) is 4.79 Å². The Bertz CT molecular complexity index is 843. The lowest BCUT2D eigenvalue weighted by molar-refractivity contribution is -0.139. The molecule has 2 aromatic rings. The molecular formula is C23H27N3O3. The van der Waals surface area contributed by atoms with Crippen LogP contribution in [0.4, 0.5) is 10.5 Å². The molecular weight excluding hydrogens is 366 g/mol. The van der Waals surface area contributed by atoms with Gasteiger partial charge in [-0.3, -0.25) is 9.69 Å². The van der Waals surface area contributed by atoms with Crippen LogP contribution in [-0.2, 0) is 4.79 Å². The summed E-state index contributed by atoms with van der Waals surface area (Å²) >= 11 is 0. The zero-order valence-corrected chi connectivity index (χ0v) is 16.4. The minimum atomic E-state index is -0.779. The van der Waals surface area contributed by atoms with Gasteiger partial charge in [0.05, 0.1) is 6.54 Å². The summed E-state index contributed by atoms with van der Waals surface area (Å²) in [6.45, 7) is 0.956. The van der Waals surface area contributed by atoms with Gasteiger partial charge in [0.15, 0.2) is 0 Å². The number of amides is 2. The third-order valence-corrected chi connectivity index (χ3v) is 5.74. The van der Waals surface area contributed by atoms with Gasteiger partial charge in [-0.2, -0.15) is 0 Å². The van der Waals surface area contributed by atoms with Crippen molar-refractivity contribution in [2.45, 2.75) is 37.8 Å². The van der Waals surface area contributed by atoms with Crippen molar-refractivity contribution in [3.63, 3.8) is 0 Å². The summed E-state index contributed by atoms with van der Waals surface area (Å²) < 4.78 is 0. The molecule has 2 amide bonds. The summed E-state index contributed by atoms with van der Waals surface area (Å²) in [6.07, 6.45) is 4.02. The van der Waals surface area contributed by atoms with Crippen molar-refractivity contribution in [1.82, 2.24) is 10.2 Å². The Balaban J connectivity index is 1.24. The van der Waals surface area contributed by atoms with E-state index in [2.05, 4.69) is 27.7 Å². The number of urea groups is 1. The van der Waals surface area contributed by atoms with Crippen LogP contribution in [0.2, 0.25) is 0 Å². The molecule has 4 rings (SSSR count). The molecule has 2 saturated carbocycles. The lowest BCUT2D eigenvalue weighted by atomic mass is 9.85. The molecule has 2 fully saturated rings. The molecule has 29 heavy (non-hydrogen) atoms. The Morgan fingerprint density at radius 2 is 1.62 bits per heavy atom. The molecule has 0 atom stereocenters. The summed E-state index contributed by atoms with van der Waals surface area (Å²) in [7, 11) is 0. The highest BCUT2D eigenvalue weighted by molar-refractivity contribution is 5.89. The molecule has 6 heteroatoms. The first-order chi connectivity index (χ1) is 14.1. The highest BCUT2D eigenvalue weighted by Gasteiger charge is 2.37. The monoisotopic (exact) mass is 393 g/mol. The fraction of sp³-hybridized carbons (Fsp3) is 0.391. The number of carboxylic acids is 1. The van der Waals surface area contributed by atoms with Crippen molar-refractivity contribution in [3.05, 3.63) is 54.6 Å². The number of hydrogen-bond donors (Lipinski definition) is 3. The molecule has 3 N–H and O–H groups in total. The molecule has 0 aliphatic heterocycles.